The molecule has 0 aliphatic carbocycles. The molecule has 1 unspecified atom stereocenters. The molecule has 0 spiro atoms. The van der Waals surface area contributed by atoms with Gasteiger partial charge in [0.2, 0.25) is 5.91 Å². The molecule has 8 nitrogen and oxygen atoms in total. The highest BCUT2D eigenvalue weighted by Crippen LogP contribution is 2.28. The number of nitrogens with one attached hydrogen (secondary N) is 1. The number of benzene rings is 1. The summed E-state index contributed by atoms with van der Waals surface area (Å²) in [6, 6.07) is 5.57. The highest BCUT2D eigenvalue weighted by atomic mass is 16.5. The van der Waals surface area contributed by atoms with E-state index >= 15 is 0 Å². The summed E-state index contributed by atoms with van der Waals surface area (Å²) in [5.74, 6) is 0.610. The summed E-state index contributed by atoms with van der Waals surface area (Å²) in [6.07, 6.45) is 4.07. The Morgan fingerprint density at radius 1 is 1.32 bits per heavy atom. The predicted octanol–water partition coefficient (Wildman–Crippen LogP) is 1.18. The van der Waals surface area contributed by atoms with Gasteiger partial charge in [0, 0.05) is 20.2 Å². The largest absolute Gasteiger partial charge is 0.495 e. The van der Waals surface area contributed by atoms with Gasteiger partial charge in [-0.1, -0.05) is 0 Å². The topological polar surface area (TPSA) is 81.5 Å². The molecule has 8 heteroatoms. The maximum Gasteiger partial charge on any atom is 0.228 e. The summed E-state index contributed by atoms with van der Waals surface area (Å²) < 4.78 is 12.3. The van der Waals surface area contributed by atoms with Crippen LogP contribution in [0.5, 0.6) is 5.75 Å². The number of hydrogen-bond donors (Lipinski definition) is 1. The van der Waals surface area contributed by atoms with Crippen LogP contribution in [0.1, 0.15) is 6.42 Å². The van der Waals surface area contributed by atoms with Crippen LogP contribution in [0.25, 0.3) is 5.69 Å². The van der Waals surface area contributed by atoms with E-state index in [4.69, 9.17) is 9.47 Å². The molecule has 2 heterocycles. The van der Waals surface area contributed by atoms with Crippen molar-refractivity contribution >= 4 is 11.6 Å². The van der Waals surface area contributed by atoms with Gasteiger partial charge in [0.25, 0.3) is 0 Å². The first-order chi connectivity index (χ1) is 12.2. The number of nitrogens with zero attached hydrogens (tertiary/aromatic N) is 4. The molecule has 0 radical (unpaired) electrons. The van der Waals surface area contributed by atoms with Gasteiger partial charge in [-0.2, -0.15) is 0 Å². The number of anilines is 1. The number of methoxy groups -OCH3 is 2. The highest BCUT2D eigenvalue weighted by molar-refractivity contribution is 5.94. The molecule has 25 heavy (non-hydrogen) atoms. The van der Waals surface area contributed by atoms with E-state index in [9.17, 15) is 4.79 Å². The molecular weight excluding hydrogens is 322 g/mol. The van der Waals surface area contributed by atoms with E-state index < -0.39 is 0 Å². The first kappa shape index (κ1) is 17.4. The Hall–Kier alpha value is -2.45. The molecule has 3 rings (SSSR count). The molecule has 1 atom stereocenters. The number of ether oxygens (including phenoxy) is 2. The second-order valence-corrected chi connectivity index (χ2v) is 6.02. The zero-order chi connectivity index (χ0) is 17.6. The molecule has 1 amide bonds. The molecule has 1 aromatic carbocycles. The minimum atomic E-state index is -0.0277. The number of carbonyl (C=O) groups excluding carboxylic acids is 1. The lowest BCUT2D eigenvalue weighted by molar-refractivity contribution is -0.119. The fourth-order valence-corrected chi connectivity index (χ4v) is 2.99. The van der Waals surface area contributed by atoms with E-state index in [1.165, 1.54) is 0 Å². The molecule has 1 saturated heterocycles. The molecule has 134 valence electrons. The summed E-state index contributed by atoms with van der Waals surface area (Å²) in [7, 11) is 3.28. The molecule has 1 aliphatic rings. The Bertz CT molecular complexity index is 704. The molecule has 2 aromatic rings. The quantitative estimate of drug-likeness (QED) is 0.812. The normalized spacial score (nSPS) is 17.6. The van der Waals surface area contributed by atoms with Gasteiger partial charge < -0.3 is 19.7 Å². The summed E-state index contributed by atoms with van der Waals surface area (Å²) in [5, 5.41) is 10.6. The molecule has 1 fully saturated rings. The SMILES string of the molecule is COCCN1CCC(C(=O)Nc2cc(-n3cnnc3)ccc2OC)C1. The second-order valence-electron chi connectivity index (χ2n) is 6.02. The van der Waals surface area contributed by atoms with Crippen molar-refractivity contribution in [1.29, 1.82) is 0 Å². The van der Waals surface area contributed by atoms with Gasteiger partial charge in [-0.3, -0.25) is 9.36 Å². The number of rotatable bonds is 7. The standard InChI is InChI=1S/C17H23N5O3/c1-24-8-7-21-6-5-13(10-21)17(23)20-15-9-14(3-4-16(15)25-2)22-11-18-19-12-22/h3-4,9,11-13H,5-8,10H2,1-2H3,(H,20,23). The second kappa shape index (κ2) is 8.09. The monoisotopic (exact) mass is 345 g/mol. The molecule has 1 aromatic heterocycles. The van der Waals surface area contributed by atoms with Gasteiger partial charge in [0.05, 0.1) is 31.0 Å². The summed E-state index contributed by atoms with van der Waals surface area (Å²) in [6.45, 7) is 3.21. The lowest BCUT2D eigenvalue weighted by Crippen LogP contribution is -2.29. The molecule has 0 saturated carbocycles. The van der Waals surface area contributed by atoms with E-state index in [0.29, 0.717) is 18.0 Å². The third kappa shape index (κ3) is 4.15. The Morgan fingerprint density at radius 2 is 2.12 bits per heavy atom. The van der Waals surface area contributed by atoms with Crippen LogP contribution in [0.15, 0.2) is 30.9 Å². The maximum absolute atomic E-state index is 12.6. The Kier molecular flexibility index (Phi) is 5.62. The minimum absolute atomic E-state index is 0.0131. The van der Waals surface area contributed by atoms with Gasteiger partial charge in [-0.05, 0) is 31.2 Å². The van der Waals surface area contributed by atoms with Crippen molar-refractivity contribution in [3.05, 3.63) is 30.9 Å². The Balaban J connectivity index is 1.69. The molecule has 1 N–H and O–H groups in total. The summed E-state index contributed by atoms with van der Waals surface area (Å²) >= 11 is 0. The van der Waals surface area contributed by atoms with E-state index in [0.717, 1.165) is 31.7 Å². The van der Waals surface area contributed by atoms with Gasteiger partial charge in [0.1, 0.15) is 18.4 Å². The average Bonchev–Trinajstić information content (AvgIpc) is 3.31. The van der Waals surface area contributed by atoms with Crippen LogP contribution in [0.4, 0.5) is 5.69 Å². The van der Waals surface area contributed by atoms with Crippen molar-refractivity contribution in [1.82, 2.24) is 19.7 Å². The third-order valence-corrected chi connectivity index (χ3v) is 4.41. The van der Waals surface area contributed by atoms with Crippen LogP contribution >= 0.6 is 0 Å². The van der Waals surface area contributed by atoms with Gasteiger partial charge in [-0.15, -0.1) is 10.2 Å². The molecule has 1 aliphatic heterocycles. The number of aromatic nitrogens is 3. The number of carbonyl (C=O) groups is 1. The maximum atomic E-state index is 12.6. The average molecular weight is 345 g/mol. The van der Waals surface area contributed by atoms with Crippen LogP contribution < -0.4 is 10.1 Å². The first-order valence-electron chi connectivity index (χ1n) is 8.26. The third-order valence-electron chi connectivity index (χ3n) is 4.41. The van der Waals surface area contributed by atoms with Gasteiger partial charge in [-0.25, -0.2) is 0 Å². The lowest BCUT2D eigenvalue weighted by atomic mass is 10.1. The van der Waals surface area contributed by atoms with E-state index in [2.05, 4.69) is 20.4 Å². The van der Waals surface area contributed by atoms with Crippen molar-refractivity contribution in [3.63, 3.8) is 0 Å². The highest BCUT2D eigenvalue weighted by Gasteiger charge is 2.28. The predicted molar refractivity (Wildman–Crippen MR) is 93.0 cm³/mol. The Labute approximate surface area is 146 Å². The van der Waals surface area contributed by atoms with E-state index in [1.807, 2.05) is 18.2 Å². The van der Waals surface area contributed by atoms with Crippen molar-refractivity contribution in [2.45, 2.75) is 6.42 Å². The molecular formula is C17H23N5O3. The van der Waals surface area contributed by atoms with Crippen LogP contribution in [-0.2, 0) is 9.53 Å². The zero-order valence-corrected chi connectivity index (χ0v) is 14.5. The van der Waals surface area contributed by atoms with Crippen molar-refractivity contribution in [3.8, 4) is 11.4 Å². The van der Waals surface area contributed by atoms with Gasteiger partial charge in [0.15, 0.2) is 0 Å². The smallest absolute Gasteiger partial charge is 0.228 e. The van der Waals surface area contributed by atoms with Crippen molar-refractivity contribution in [2.75, 3.05) is 45.8 Å². The summed E-state index contributed by atoms with van der Waals surface area (Å²) in [5.41, 5.74) is 1.50. The number of amides is 1. The van der Waals surface area contributed by atoms with Gasteiger partial charge >= 0.3 is 0 Å². The Morgan fingerprint density at radius 3 is 2.84 bits per heavy atom. The van der Waals surface area contributed by atoms with E-state index in [1.54, 1.807) is 31.4 Å². The van der Waals surface area contributed by atoms with Crippen molar-refractivity contribution in [2.24, 2.45) is 5.92 Å². The van der Waals surface area contributed by atoms with Crippen LogP contribution in [0.2, 0.25) is 0 Å². The lowest BCUT2D eigenvalue weighted by Gasteiger charge is -2.16. The number of hydrogen-bond acceptors (Lipinski definition) is 6. The number of likely N-dealkylation sites (tertiary alicyclic amines) is 1. The van der Waals surface area contributed by atoms with Crippen molar-refractivity contribution < 1.29 is 14.3 Å². The fraction of sp³-hybridized carbons (Fsp3) is 0.471. The minimum Gasteiger partial charge on any atom is -0.495 e. The van der Waals surface area contributed by atoms with Crippen LogP contribution in [-0.4, -0.2) is 66.0 Å². The summed E-state index contributed by atoms with van der Waals surface area (Å²) in [4.78, 5) is 14.9. The van der Waals surface area contributed by atoms with Crippen LogP contribution in [0.3, 0.4) is 0 Å². The van der Waals surface area contributed by atoms with E-state index in [-0.39, 0.29) is 11.8 Å². The first-order valence-corrected chi connectivity index (χ1v) is 8.26. The van der Waals surface area contributed by atoms with Crippen LogP contribution in [0, 0.1) is 5.92 Å². The fourth-order valence-electron chi connectivity index (χ4n) is 2.99. The zero-order valence-electron chi connectivity index (χ0n) is 14.5. The molecule has 0 bridgehead atoms.